The van der Waals surface area contributed by atoms with Crippen molar-refractivity contribution in [1.29, 1.82) is 0 Å². The predicted molar refractivity (Wildman–Crippen MR) is 80.4 cm³/mol. The van der Waals surface area contributed by atoms with E-state index < -0.39 is 0 Å². The molecule has 19 heavy (non-hydrogen) atoms. The van der Waals surface area contributed by atoms with Crippen molar-refractivity contribution in [3.05, 3.63) is 34.7 Å². The number of nitrogens with zero attached hydrogens (tertiary/aromatic N) is 1. The van der Waals surface area contributed by atoms with Crippen LogP contribution in [-0.4, -0.2) is 23.6 Å². The Kier molecular flexibility index (Phi) is 3.96. The maximum absolute atomic E-state index is 5.77. The van der Waals surface area contributed by atoms with Gasteiger partial charge in [0.2, 0.25) is 0 Å². The van der Waals surface area contributed by atoms with Gasteiger partial charge in [-0.15, -0.1) is 0 Å². The molecule has 0 aliphatic rings. The second-order valence-corrected chi connectivity index (χ2v) is 5.99. The van der Waals surface area contributed by atoms with Gasteiger partial charge in [-0.25, -0.2) is 4.98 Å². The number of benzene rings is 1. The van der Waals surface area contributed by atoms with Crippen molar-refractivity contribution in [2.75, 3.05) is 13.7 Å². The summed E-state index contributed by atoms with van der Waals surface area (Å²) in [7, 11) is 1.66. The van der Waals surface area contributed by atoms with Crippen LogP contribution < -0.4 is 10.5 Å². The summed E-state index contributed by atoms with van der Waals surface area (Å²) in [6.07, 6.45) is 1.82. The summed E-state index contributed by atoms with van der Waals surface area (Å²) in [6.45, 7) is 4.66. The normalized spacial score (nSPS) is 11.6. The molecule has 1 aromatic carbocycles. The maximum atomic E-state index is 5.77. The highest BCUT2D eigenvalue weighted by Crippen LogP contribution is 2.32. The highest BCUT2D eigenvalue weighted by molar-refractivity contribution is 9.10. The lowest BCUT2D eigenvalue weighted by molar-refractivity contribution is 0.416. The van der Waals surface area contributed by atoms with Crippen molar-refractivity contribution in [3.8, 4) is 17.0 Å². The van der Waals surface area contributed by atoms with Crippen molar-refractivity contribution < 1.29 is 4.74 Å². The fraction of sp³-hybridized carbons (Fsp3) is 0.357. The van der Waals surface area contributed by atoms with Crippen molar-refractivity contribution in [1.82, 2.24) is 9.97 Å². The van der Waals surface area contributed by atoms with Crippen molar-refractivity contribution in [2.45, 2.75) is 19.3 Å². The molecule has 0 spiro atoms. The Bertz CT molecular complexity index is 578. The molecule has 0 aliphatic carbocycles. The predicted octanol–water partition coefficient (Wildman–Crippen LogP) is 3.08. The van der Waals surface area contributed by atoms with E-state index in [2.05, 4.69) is 39.7 Å². The Morgan fingerprint density at radius 1 is 1.42 bits per heavy atom. The SMILES string of the molecule is COc1ccc(Br)cc1-c1cnc(C(C)(C)CN)[nH]1. The van der Waals surface area contributed by atoms with Crippen LogP contribution in [0, 0.1) is 0 Å². The van der Waals surface area contributed by atoms with Crippen LogP contribution in [0.15, 0.2) is 28.9 Å². The number of aromatic amines is 1. The molecule has 0 fully saturated rings. The molecule has 0 saturated carbocycles. The van der Waals surface area contributed by atoms with E-state index >= 15 is 0 Å². The smallest absolute Gasteiger partial charge is 0.128 e. The van der Waals surface area contributed by atoms with E-state index in [1.807, 2.05) is 24.4 Å². The number of hydrogen-bond donors (Lipinski definition) is 2. The van der Waals surface area contributed by atoms with E-state index in [4.69, 9.17) is 10.5 Å². The molecule has 3 N–H and O–H groups in total. The Labute approximate surface area is 121 Å². The molecule has 0 atom stereocenters. The molecular formula is C14H18BrN3O. The van der Waals surface area contributed by atoms with Crippen molar-refractivity contribution >= 4 is 15.9 Å². The highest BCUT2D eigenvalue weighted by atomic mass is 79.9. The molecule has 2 aromatic rings. The van der Waals surface area contributed by atoms with Crippen LogP contribution in [0.5, 0.6) is 5.75 Å². The monoisotopic (exact) mass is 323 g/mol. The zero-order chi connectivity index (χ0) is 14.0. The molecule has 0 bridgehead atoms. The molecule has 0 radical (unpaired) electrons. The van der Waals surface area contributed by atoms with Crippen LogP contribution in [0.2, 0.25) is 0 Å². The van der Waals surface area contributed by atoms with E-state index in [1.54, 1.807) is 7.11 Å². The lowest BCUT2D eigenvalue weighted by Crippen LogP contribution is -2.29. The molecule has 1 aromatic heterocycles. The van der Waals surface area contributed by atoms with Crippen LogP contribution >= 0.6 is 15.9 Å². The molecule has 102 valence electrons. The van der Waals surface area contributed by atoms with Gasteiger partial charge >= 0.3 is 0 Å². The van der Waals surface area contributed by atoms with Gasteiger partial charge in [-0.1, -0.05) is 29.8 Å². The first-order valence-corrected chi connectivity index (χ1v) is 6.86. The standard InChI is InChI=1S/C14H18BrN3O/c1-14(2,8-16)13-17-7-11(18-13)10-6-9(15)4-5-12(10)19-3/h4-7H,8,16H2,1-3H3,(H,17,18). The van der Waals surface area contributed by atoms with Crippen LogP contribution in [0.1, 0.15) is 19.7 Å². The number of aromatic nitrogens is 2. The number of rotatable bonds is 4. The van der Waals surface area contributed by atoms with E-state index in [1.165, 1.54) is 0 Å². The lowest BCUT2D eigenvalue weighted by Gasteiger charge is -2.19. The summed E-state index contributed by atoms with van der Waals surface area (Å²) in [5.41, 5.74) is 7.51. The minimum atomic E-state index is -0.169. The fourth-order valence-corrected chi connectivity index (χ4v) is 2.15. The number of imidazole rings is 1. The second kappa shape index (κ2) is 5.35. The van der Waals surface area contributed by atoms with Gasteiger partial charge in [0.15, 0.2) is 0 Å². The van der Waals surface area contributed by atoms with E-state index in [9.17, 15) is 0 Å². The zero-order valence-electron chi connectivity index (χ0n) is 11.3. The van der Waals surface area contributed by atoms with Crippen LogP contribution in [-0.2, 0) is 5.41 Å². The summed E-state index contributed by atoms with van der Waals surface area (Å²) in [5, 5.41) is 0. The fourth-order valence-electron chi connectivity index (χ4n) is 1.79. The van der Waals surface area contributed by atoms with Crippen LogP contribution in [0.3, 0.4) is 0 Å². The molecule has 0 saturated heterocycles. The molecule has 5 heteroatoms. The number of ether oxygens (including phenoxy) is 1. The average Bonchev–Trinajstić information content (AvgIpc) is 2.89. The molecule has 4 nitrogen and oxygen atoms in total. The Hall–Kier alpha value is -1.33. The third kappa shape index (κ3) is 2.82. The summed E-state index contributed by atoms with van der Waals surface area (Å²) in [5.74, 6) is 1.69. The zero-order valence-corrected chi connectivity index (χ0v) is 12.9. The summed E-state index contributed by atoms with van der Waals surface area (Å²) in [6, 6.07) is 5.88. The minimum absolute atomic E-state index is 0.169. The van der Waals surface area contributed by atoms with Gasteiger partial charge in [0.05, 0.1) is 19.0 Å². The molecule has 1 heterocycles. The van der Waals surface area contributed by atoms with E-state index in [-0.39, 0.29) is 5.41 Å². The number of H-pyrrole nitrogens is 1. The highest BCUT2D eigenvalue weighted by Gasteiger charge is 2.22. The van der Waals surface area contributed by atoms with Crippen LogP contribution in [0.4, 0.5) is 0 Å². The van der Waals surface area contributed by atoms with E-state index in [0.29, 0.717) is 6.54 Å². The lowest BCUT2D eigenvalue weighted by atomic mass is 9.93. The molecule has 2 rings (SSSR count). The quantitative estimate of drug-likeness (QED) is 0.908. The number of nitrogens with two attached hydrogens (primary N) is 1. The Balaban J connectivity index is 2.46. The number of methoxy groups -OCH3 is 1. The van der Waals surface area contributed by atoms with Gasteiger partial charge in [0, 0.05) is 22.0 Å². The van der Waals surface area contributed by atoms with Gasteiger partial charge in [-0.3, -0.25) is 0 Å². The largest absolute Gasteiger partial charge is 0.496 e. The van der Waals surface area contributed by atoms with Crippen molar-refractivity contribution in [3.63, 3.8) is 0 Å². The first-order valence-electron chi connectivity index (χ1n) is 6.07. The molecule has 0 amide bonds. The first-order chi connectivity index (χ1) is 8.97. The minimum Gasteiger partial charge on any atom is -0.496 e. The second-order valence-electron chi connectivity index (χ2n) is 5.08. The van der Waals surface area contributed by atoms with Gasteiger partial charge in [0.1, 0.15) is 11.6 Å². The number of nitrogens with one attached hydrogen (secondary N) is 1. The number of hydrogen-bond acceptors (Lipinski definition) is 3. The Morgan fingerprint density at radius 2 is 2.16 bits per heavy atom. The van der Waals surface area contributed by atoms with Crippen LogP contribution in [0.25, 0.3) is 11.3 Å². The first kappa shape index (κ1) is 14.1. The van der Waals surface area contributed by atoms with Crippen molar-refractivity contribution in [2.24, 2.45) is 5.73 Å². The average molecular weight is 324 g/mol. The van der Waals surface area contributed by atoms with Gasteiger partial charge in [-0.2, -0.15) is 0 Å². The third-order valence-electron chi connectivity index (χ3n) is 3.18. The summed E-state index contributed by atoms with van der Waals surface area (Å²) >= 11 is 3.47. The summed E-state index contributed by atoms with van der Waals surface area (Å²) in [4.78, 5) is 7.76. The Morgan fingerprint density at radius 3 is 2.79 bits per heavy atom. The van der Waals surface area contributed by atoms with Gasteiger partial charge in [-0.05, 0) is 18.2 Å². The third-order valence-corrected chi connectivity index (χ3v) is 3.67. The number of halogens is 1. The molecule has 0 aliphatic heterocycles. The molecule has 0 unspecified atom stereocenters. The van der Waals surface area contributed by atoms with Gasteiger partial charge < -0.3 is 15.5 Å². The summed E-state index contributed by atoms with van der Waals surface area (Å²) < 4.78 is 6.38. The maximum Gasteiger partial charge on any atom is 0.128 e. The topological polar surface area (TPSA) is 63.9 Å². The molecular weight excluding hydrogens is 306 g/mol. The van der Waals surface area contributed by atoms with E-state index in [0.717, 1.165) is 27.3 Å². The van der Waals surface area contributed by atoms with Gasteiger partial charge in [0.25, 0.3) is 0 Å².